The van der Waals surface area contributed by atoms with Gasteiger partial charge in [-0.2, -0.15) is 0 Å². The van der Waals surface area contributed by atoms with Crippen LogP contribution in [-0.2, 0) is 9.59 Å². The molecule has 1 aromatic carbocycles. The van der Waals surface area contributed by atoms with Gasteiger partial charge in [0.2, 0.25) is 11.8 Å². The Kier molecular flexibility index (Phi) is 6.46. The third-order valence-electron chi connectivity index (χ3n) is 4.50. The summed E-state index contributed by atoms with van der Waals surface area (Å²) in [5.74, 6) is 0.351. The van der Waals surface area contributed by atoms with Crippen molar-refractivity contribution in [3.63, 3.8) is 0 Å². The molecule has 23 heavy (non-hydrogen) atoms. The molecule has 0 saturated heterocycles. The number of carbonyl (C=O) groups excluding carboxylic acids is 2. The Balaban J connectivity index is 2.00. The van der Waals surface area contributed by atoms with Crippen molar-refractivity contribution in [2.24, 2.45) is 5.92 Å². The lowest BCUT2D eigenvalue weighted by Crippen LogP contribution is -2.42. The molecule has 1 fully saturated rings. The van der Waals surface area contributed by atoms with E-state index in [-0.39, 0.29) is 30.3 Å². The van der Waals surface area contributed by atoms with Crippen molar-refractivity contribution in [2.45, 2.75) is 58.0 Å². The number of amides is 2. The van der Waals surface area contributed by atoms with E-state index in [1.54, 1.807) is 12.1 Å². The van der Waals surface area contributed by atoms with E-state index in [0.717, 1.165) is 18.4 Å². The molecule has 0 aliphatic heterocycles. The van der Waals surface area contributed by atoms with Gasteiger partial charge in [0.05, 0.1) is 12.5 Å². The van der Waals surface area contributed by atoms with Gasteiger partial charge in [-0.05, 0) is 36.5 Å². The zero-order valence-electron chi connectivity index (χ0n) is 13.8. The second-order valence-electron chi connectivity index (χ2n) is 6.44. The van der Waals surface area contributed by atoms with Crippen LogP contribution in [0.3, 0.4) is 0 Å². The number of nitrogens with one attached hydrogen (secondary N) is 2. The van der Waals surface area contributed by atoms with Crippen LogP contribution in [0.25, 0.3) is 0 Å². The molecule has 0 radical (unpaired) electrons. The third kappa shape index (κ3) is 5.54. The lowest BCUT2D eigenvalue weighted by molar-refractivity contribution is -0.123. The highest BCUT2D eigenvalue weighted by Gasteiger charge is 2.24. The summed E-state index contributed by atoms with van der Waals surface area (Å²) in [6.45, 7) is 3.65. The zero-order valence-corrected chi connectivity index (χ0v) is 14.5. The maximum Gasteiger partial charge on any atom is 0.222 e. The molecule has 0 heterocycles. The van der Waals surface area contributed by atoms with Gasteiger partial charge in [0.1, 0.15) is 0 Å². The van der Waals surface area contributed by atoms with Gasteiger partial charge >= 0.3 is 0 Å². The Morgan fingerprint density at radius 3 is 2.48 bits per heavy atom. The standard InChI is InChI=1S/C18H25ClN2O2/c1-12-5-3-4-6-16(12)21-18(23)11-17(20-13(2)22)14-7-9-15(19)10-8-14/h7-10,12,16-17H,3-6,11H2,1-2H3,(H,20,22)(H,21,23)/t12-,16+,17-/m1/s1. The molecule has 0 aromatic heterocycles. The quantitative estimate of drug-likeness (QED) is 0.863. The predicted octanol–water partition coefficient (Wildman–Crippen LogP) is 3.60. The normalized spacial score (nSPS) is 22.2. The highest BCUT2D eigenvalue weighted by molar-refractivity contribution is 6.30. The Hall–Kier alpha value is -1.55. The maximum atomic E-state index is 12.4. The van der Waals surface area contributed by atoms with E-state index in [4.69, 9.17) is 11.6 Å². The predicted molar refractivity (Wildman–Crippen MR) is 92.2 cm³/mol. The topological polar surface area (TPSA) is 58.2 Å². The van der Waals surface area contributed by atoms with Crippen molar-refractivity contribution >= 4 is 23.4 Å². The van der Waals surface area contributed by atoms with Crippen molar-refractivity contribution in [2.75, 3.05) is 0 Å². The second-order valence-corrected chi connectivity index (χ2v) is 6.88. The molecule has 126 valence electrons. The Labute approximate surface area is 143 Å². The monoisotopic (exact) mass is 336 g/mol. The lowest BCUT2D eigenvalue weighted by Gasteiger charge is -2.30. The van der Waals surface area contributed by atoms with Crippen molar-refractivity contribution in [1.82, 2.24) is 10.6 Å². The summed E-state index contributed by atoms with van der Waals surface area (Å²) in [7, 11) is 0. The largest absolute Gasteiger partial charge is 0.353 e. The summed E-state index contributed by atoms with van der Waals surface area (Å²) in [5, 5.41) is 6.62. The van der Waals surface area contributed by atoms with Crippen molar-refractivity contribution in [3.05, 3.63) is 34.9 Å². The van der Waals surface area contributed by atoms with Crippen LogP contribution in [0.1, 0.15) is 57.6 Å². The molecule has 4 nitrogen and oxygen atoms in total. The minimum absolute atomic E-state index is 0.0163. The van der Waals surface area contributed by atoms with E-state index in [2.05, 4.69) is 17.6 Å². The second kappa shape index (κ2) is 8.34. The first-order valence-corrected chi connectivity index (χ1v) is 8.65. The van der Waals surface area contributed by atoms with Crippen LogP contribution in [0.2, 0.25) is 5.02 Å². The molecule has 0 unspecified atom stereocenters. The van der Waals surface area contributed by atoms with Gasteiger partial charge in [-0.1, -0.05) is 43.5 Å². The highest BCUT2D eigenvalue weighted by atomic mass is 35.5. The first-order valence-electron chi connectivity index (χ1n) is 8.27. The van der Waals surface area contributed by atoms with E-state index in [1.165, 1.54) is 19.8 Å². The molecule has 5 heteroatoms. The molecule has 1 aliphatic rings. The summed E-state index contributed by atoms with van der Waals surface area (Å²) in [5.41, 5.74) is 0.886. The average Bonchev–Trinajstić information content (AvgIpc) is 2.49. The van der Waals surface area contributed by atoms with Gasteiger partial charge in [-0.25, -0.2) is 0 Å². The van der Waals surface area contributed by atoms with Crippen LogP contribution >= 0.6 is 11.6 Å². The van der Waals surface area contributed by atoms with Crippen molar-refractivity contribution in [3.8, 4) is 0 Å². The first kappa shape index (κ1) is 17.8. The maximum absolute atomic E-state index is 12.4. The first-order chi connectivity index (χ1) is 11.0. The van der Waals surface area contributed by atoms with Crippen LogP contribution in [0, 0.1) is 5.92 Å². The van der Waals surface area contributed by atoms with Gasteiger partial charge in [0.25, 0.3) is 0 Å². The summed E-state index contributed by atoms with van der Waals surface area (Å²) >= 11 is 5.91. The van der Waals surface area contributed by atoms with Crippen LogP contribution in [0.4, 0.5) is 0 Å². The molecule has 1 aromatic rings. The van der Waals surface area contributed by atoms with Gasteiger partial charge in [-0.15, -0.1) is 0 Å². The van der Waals surface area contributed by atoms with E-state index in [0.29, 0.717) is 10.9 Å². The van der Waals surface area contributed by atoms with E-state index < -0.39 is 0 Å². The van der Waals surface area contributed by atoms with Crippen LogP contribution in [-0.4, -0.2) is 17.9 Å². The summed E-state index contributed by atoms with van der Waals surface area (Å²) in [6.07, 6.45) is 4.86. The smallest absolute Gasteiger partial charge is 0.222 e. The Bertz CT molecular complexity index is 544. The molecule has 0 bridgehead atoms. The van der Waals surface area contributed by atoms with E-state index >= 15 is 0 Å². The molecule has 3 atom stereocenters. The molecule has 2 N–H and O–H groups in total. The van der Waals surface area contributed by atoms with Gasteiger partial charge < -0.3 is 10.6 Å². The average molecular weight is 337 g/mol. The highest BCUT2D eigenvalue weighted by Crippen LogP contribution is 2.25. The van der Waals surface area contributed by atoms with Gasteiger partial charge in [-0.3, -0.25) is 9.59 Å². The lowest BCUT2D eigenvalue weighted by atomic mass is 9.86. The Morgan fingerprint density at radius 1 is 1.22 bits per heavy atom. The summed E-state index contributed by atoms with van der Waals surface area (Å²) < 4.78 is 0. The van der Waals surface area contributed by atoms with Crippen LogP contribution in [0.15, 0.2) is 24.3 Å². The van der Waals surface area contributed by atoms with Crippen molar-refractivity contribution in [1.29, 1.82) is 0 Å². The van der Waals surface area contributed by atoms with Crippen LogP contribution in [0.5, 0.6) is 0 Å². The number of carbonyl (C=O) groups is 2. The minimum atomic E-state index is -0.330. The Morgan fingerprint density at radius 2 is 1.87 bits per heavy atom. The summed E-state index contributed by atoms with van der Waals surface area (Å²) in [4.78, 5) is 23.8. The fraction of sp³-hybridized carbons (Fsp3) is 0.556. The van der Waals surface area contributed by atoms with E-state index in [9.17, 15) is 9.59 Å². The zero-order chi connectivity index (χ0) is 16.8. The molecule has 2 amide bonds. The fourth-order valence-corrected chi connectivity index (χ4v) is 3.30. The SMILES string of the molecule is CC(=O)N[C@H](CC(=O)N[C@H]1CCCC[C@H]1C)c1ccc(Cl)cc1. The molecule has 0 spiro atoms. The minimum Gasteiger partial charge on any atom is -0.353 e. The molecule has 2 rings (SSSR count). The van der Waals surface area contributed by atoms with Gasteiger partial charge in [0.15, 0.2) is 0 Å². The third-order valence-corrected chi connectivity index (χ3v) is 4.75. The number of hydrogen-bond donors (Lipinski definition) is 2. The molecular formula is C18H25ClN2O2. The number of rotatable bonds is 5. The molecule has 1 aliphatic carbocycles. The number of hydrogen-bond acceptors (Lipinski definition) is 2. The number of benzene rings is 1. The molecule has 1 saturated carbocycles. The summed E-state index contributed by atoms with van der Waals surface area (Å²) in [6, 6.07) is 7.15. The van der Waals surface area contributed by atoms with Crippen molar-refractivity contribution < 1.29 is 9.59 Å². The van der Waals surface area contributed by atoms with E-state index in [1.807, 2.05) is 12.1 Å². The number of halogens is 1. The van der Waals surface area contributed by atoms with Gasteiger partial charge in [0, 0.05) is 18.0 Å². The molecular weight excluding hydrogens is 312 g/mol. The fourth-order valence-electron chi connectivity index (χ4n) is 3.17. The van der Waals surface area contributed by atoms with Crippen LogP contribution < -0.4 is 10.6 Å².